The third-order valence-electron chi connectivity index (χ3n) is 4.53. The molecule has 0 aliphatic carbocycles. The molecule has 0 aliphatic heterocycles. The van der Waals surface area contributed by atoms with Crippen molar-refractivity contribution in [2.24, 2.45) is 0 Å². The highest BCUT2D eigenvalue weighted by molar-refractivity contribution is 9.10. The van der Waals surface area contributed by atoms with Crippen LogP contribution < -0.4 is 5.32 Å². The van der Waals surface area contributed by atoms with Crippen LogP contribution in [0.2, 0.25) is 0 Å². The van der Waals surface area contributed by atoms with Gasteiger partial charge in [-0.1, -0.05) is 46.3 Å². The maximum absolute atomic E-state index is 12.9. The van der Waals surface area contributed by atoms with E-state index in [1.54, 1.807) is 4.57 Å². The molecule has 152 valence electrons. The van der Waals surface area contributed by atoms with Crippen molar-refractivity contribution in [1.82, 2.24) is 9.55 Å². The maximum Gasteiger partial charge on any atom is 0.416 e. The number of imidazole rings is 1. The minimum absolute atomic E-state index is 0.0874. The van der Waals surface area contributed by atoms with Gasteiger partial charge in [-0.05, 0) is 42.5 Å². The van der Waals surface area contributed by atoms with Crippen molar-refractivity contribution >= 4 is 38.6 Å². The highest BCUT2D eigenvalue weighted by Crippen LogP contribution is 2.31. The number of hydrogen-bond acceptors (Lipinski definition) is 2. The van der Waals surface area contributed by atoms with Crippen molar-refractivity contribution in [3.8, 4) is 11.4 Å². The number of nitrogens with zero attached hydrogens (tertiary/aromatic N) is 2. The third-order valence-corrected chi connectivity index (χ3v) is 5.06. The number of para-hydroxylation sites is 2. The Morgan fingerprint density at radius 2 is 1.73 bits per heavy atom. The topological polar surface area (TPSA) is 46.9 Å². The molecule has 0 aliphatic rings. The lowest BCUT2D eigenvalue weighted by Gasteiger charge is -2.12. The second-order valence-electron chi connectivity index (χ2n) is 6.64. The number of hydrogen-bond donors (Lipinski definition) is 1. The van der Waals surface area contributed by atoms with Gasteiger partial charge in [0.25, 0.3) is 0 Å². The lowest BCUT2D eigenvalue weighted by atomic mass is 10.2. The van der Waals surface area contributed by atoms with Crippen LogP contribution in [-0.4, -0.2) is 15.5 Å². The molecule has 0 saturated heterocycles. The van der Waals surface area contributed by atoms with E-state index in [1.807, 2.05) is 48.5 Å². The first-order valence-electron chi connectivity index (χ1n) is 8.99. The third kappa shape index (κ3) is 4.23. The number of fused-ring (bicyclic) bond motifs is 1. The molecule has 0 saturated carbocycles. The van der Waals surface area contributed by atoms with Crippen molar-refractivity contribution in [2.45, 2.75) is 12.7 Å². The van der Waals surface area contributed by atoms with Gasteiger partial charge in [0.05, 0.1) is 16.6 Å². The summed E-state index contributed by atoms with van der Waals surface area (Å²) in [5.74, 6) is 0.152. The molecule has 3 aromatic carbocycles. The largest absolute Gasteiger partial charge is 0.416 e. The number of amides is 1. The zero-order valence-corrected chi connectivity index (χ0v) is 17.0. The van der Waals surface area contributed by atoms with Crippen LogP contribution in [0.15, 0.2) is 77.3 Å². The predicted octanol–water partition coefficient (Wildman–Crippen LogP) is 6.12. The van der Waals surface area contributed by atoms with Gasteiger partial charge in [0.15, 0.2) is 0 Å². The summed E-state index contributed by atoms with van der Waals surface area (Å²) in [6.07, 6.45) is -4.48. The van der Waals surface area contributed by atoms with Crippen LogP contribution >= 0.6 is 15.9 Å². The number of anilines is 1. The first-order valence-corrected chi connectivity index (χ1v) is 9.79. The molecule has 1 aromatic heterocycles. The summed E-state index contributed by atoms with van der Waals surface area (Å²) in [5.41, 5.74) is 1.58. The lowest BCUT2D eigenvalue weighted by Crippen LogP contribution is -2.19. The number of benzene rings is 3. The molecule has 0 unspecified atom stereocenters. The van der Waals surface area contributed by atoms with Gasteiger partial charge in [-0.2, -0.15) is 13.2 Å². The SMILES string of the molecule is O=C(Cn1c(-c2ccc(Br)cc2)nc2ccccc21)Nc1cccc(C(F)(F)F)c1. The van der Waals surface area contributed by atoms with E-state index in [2.05, 4.69) is 26.2 Å². The summed E-state index contributed by atoms with van der Waals surface area (Å²) in [4.78, 5) is 17.3. The number of rotatable bonds is 4. The van der Waals surface area contributed by atoms with Gasteiger partial charge in [-0.3, -0.25) is 4.79 Å². The molecular formula is C22H15BrF3N3O. The van der Waals surface area contributed by atoms with Crippen molar-refractivity contribution in [3.05, 3.63) is 82.8 Å². The van der Waals surface area contributed by atoms with E-state index in [0.717, 1.165) is 33.2 Å². The minimum Gasteiger partial charge on any atom is -0.325 e. The standard InChI is InChI=1S/C22H15BrF3N3O/c23-16-10-8-14(9-11-16)21-28-18-6-1-2-7-19(18)29(21)13-20(30)27-17-5-3-4-15(12-17)22(24,25)26/h1-12H,13H2,(H,27,30). The summed E-state index contributed by atoms with van der Waals surface area (Å²) in [5, 5.41) is 2.55. The Bertz CT molecular complexity index is 1220. The van der Waals surface area contributed by atoms with Gasteiger partial charge >= 0.3 is 6.18 Å². The predicted molar refractivity (Wildman–Crippen MR) is 113 cm³/mol. The highest BCUT2D eigenvalue weighted by Gasteiger charge is 2.30. The average Bonchev–Trinajstić information content (AvgIpc) is 3.06. The molecule has 1 amide bonds. The summed E-state index contributed by atoms with van der Waals surface area (Å²) in [7, 11) is 0. The molecule has 0 atom stereocenters. The Morgan fingerprint density at radius 3 is 2.47 bits per heavy atom. The van der Waals surface area contributed by atoms with Gasteiger partial charge in [-0.15, -0.1) is 0 Å². The van der Waals surface area contributed by atoms with Crippen LogP contribution in [0.3, 0.4) is 0 Å². The fourth-order valence-electron chi connectivity index (χ4n) is 3.17. The van der Waals surface area contributed by atoms with E-state index in [-0.39, 0.29) is 12.2 Å². The molecule has 4 rings (SSSR count). The van der Waals surface area contributed by atoms with E-state index < -0.39 is 17.6 Å². The highest BCUT2D eigenvalue weighted by atomic mass is 79.9. The Balaban J connectivity index is 1.66. The lowest BCUT2D eigenvalue weighted by molar-refractivity contribution is -0.137. The van der Waals surface area contributed by atoms with Gasteiger partial charge < -0.3 is 9.88 Å². The van der Waals surface area contributed by atoms with E-state index in [9.17, 15) is 18.0 Å². The molecule has 8 heteroatoms. The maximum atomic E-state index is 12.9. The van der Waals surface area contributed by atoms with Crippen molar-refractivity contribution in [1.29, 1.82) is 0 Å². The van der Waals surface area contributed by atoms with Crippen molar-refractivity contribution < 1.29 is 18.0 Å². The van der Waals surface area contributed by atoms with E-state index in [0.29, 0.717) is 5.82 Å². The van der Waals surface area contributed by atoms with Gasteiger partial charge in [0.2, 0.25) is 5.91 Å². The fraction of sp³-hybridized carbons (Fsp3) is 0.0909. The Morgan fingerprint density at radius 1 is 1.00 bits per heavy atom. The molecule has 4 nitrogen and oxygen atoms in total. The summed E-state index contributed by atoms with van der Waals surface area (Å²) < 4.78 is 41.4. The molecule has 4 aromatic rings. The zero-order valence-electron chi connectivity index (χ0n) is 15.4. The second kappa shape index (κ2) is 7.95. The van der Waals surface area contributed by atoms with Crippen LogP contribution in [0.1, 0.15) is 5.56 Å². The molecule has 0 fully saturated rings. The Kier molecular flexibility index (Phi) is 5.34. The summed E-state index contributed by atoms with van der Waals surface area (Å²) in [6.45, 7) is -0.0951. The van der Waals surface area contributed by atoms with Crippen LogP contribution in [0.4, 0.5) is 18.9 Å². The average molecular weight is 474 g/mol. The molecule has 30 heavy (non-hydrogen) atoms. The Hall–Kier alpha value is -3.13. The molecule has 1 heterocycles. The molecule has 0 bridgehead atoms. The normalized spacial score (nSPS) is 11.6. The number of alkyl halides is 3. The van der Waals surface area contributed by atoms with Crippen LogP contribution in [-0.2, 0) is 17.5 Å². The fourth-order valence-corrected chi connectivity index (χ4v) is 3.44. The second-order valence-corrected chi connectivity index (χ2v) is 7.56. The van der Waals surface area contributed by atoms with Gasteiger partial charge in [0, 0.05) is 15.7 Å². The van der Waals surface area contributed by atoms with Crippen molar-refractivity contribution in [2.75, 3.05) is 5.32 Å². The molecular weight excluding hydrogens is 459 g/mol. The van der Waals surface area contributed by atoms with Gasteiger partial charge in [-0.25, -0.2) is 4.98 Å². The van der Waals surface area contributed by atoms with Gasteiger partial charge in [0.1, 0.15) is 12.4 Å². The first kappa shape index (κ1) is 20.2. The molecule has 0 spiro atoms. The summed E-state index contributed by atoms with van der Waals surface area (Å²) >= 11 is 3.40. The van der Waals surface area contributed by atoms with Crippen molar-refractivity contribution in [3.63, 3.8) is 0 Å². The zero-order chi connectivity index (χ0) is 21.3. The Labute approximate surface area is 178 Å². The van der Waals surface area contributed by atoms with E-state index >= 15 is 0 Å². The number of carbonyl (C=O) groups is 1. The quantitative estimate of drug-likeness (QED) is 0.387. The number of aromatic nitrogens is 2. The smallest absolute Gasteiger partial charge is 0.325 e. The minimum atomic E-state index is -4.48. The van der Waals surface area contributed by atoms with Crippen LogP contribution in [0, 0.1) is 0 Å². The monoisotopic (exact) mass is 473 g/mol. The number of halogens is 4. The first-order chi connectivity index (χ1) is 14.3. The summed E-state index contributed by atoms with van der Waals surface area (Å²) in [6, 6.07) is 19.5. The van der Waals surface area contributed by atoms with E-state index in [4.69, 9.17) is 0 Å². The molecule has 1 N–H and O–H groups in total. The number of nitrogens with one attached hydrogen (secondary N) is 1. The van der Waals surface area contributed by atoms with Crippen LogP contribution in [0.5, 0.6) is 0 Å². The molecule has 0 radical (unpaired) electrons. The number of carbonyl (C=O) groups excluding carboxylic acids is 1. The van der Waals surface area contributed by atoms with E-state index in [1.165, 1.54) is 12.1 Å². The van der Waals surface area contributed by atoms with Crippen LogP contribution in [0.25, 0.3) is 22.4 Å².